The minimum Gasteiger partial charge on any atom is -0.472 e. The standard InChI is InChI=1S/C16H20N2O2/c1-3-9-17-15-7-5-4-6-14(15)16(19)18(2)11-13-8-10-20-12-13/h4-8,10,12,17H,3,9,11H2,1-2H3. The number of carbonyl (C=O) groups excluding carboxylic acids is 1. The van der Waals surface area contributed by atoms with Crippen molar-refractivity contribution >= 4 is 11.6 Å². The first-order valence-electron chi connectivity index (χ1n) is 6.81. The Morgan fingerprint density at radius 2 is 2.10 bits per heavy atom. The average Bonchev–Trinajstić information content (AvgIpc) is 2.97. The third kappa shape index (κ3) is 3.41. The van der Waals surface area contributed by atoms with E-state index in [9.17, 15) is 4.79 Å². The molecule has 1 N–H and O–H groups in total. The third-order valence-electron chi connectivity index (χ3n) is 3.07. The molecule has 2 rings (SSSR count). The summed E-state index contributed by atoms with van der Waals surface area (Å²) in [6.45, 7) is 3.50. The fourth-order valence-corrected chi connectivity index (χ4v) is 2.02. The molecule has 0 aliphatic carbocycles. The molecule has 0 unspecified atom stereocenters. The van der Waals surface area contributed by atoms with Crippen LogP contribution in [0.25, 0.3) is 0 Å². The number of benzene rings is 1. The molecule has 1 aromatic carbocycles. The molecular formula is C16H20N2O2. The summed E-state index contributed by atoms with van der Waals surface area (Å²) in [7, 11) is 1.80. The van der Waals surface area contributed by atoms with Crippen LogP contribution in [0.1, 0.15) is 29.3 Å². The number of furan rings is 1. The summed E-state index contributed by atoms with van der Waals surface area (Å²) in [5, 5.41) is 3.29. The van der Waals surface area contributed by atoms with Gasteiger partial charge in [0.15, 0.2) is 0 Å². The van der Waals surface area contributed by atoms with E-state index in [1.807, 2.05) is 30.3 Å². The van der Waals surface area contributed by atoms with Crippen molar-refractivity contribution in [2.75, 3.05) is 18.9 Å². The van der Waals surface area contributed by atoms with Crippen molar-refractivity contribution in [3.63, 3.8) is 0 Å². The molecule has 4 nitrogen and oxygen atoms in total. The highest BCUT2D eigenvalue weighted by atomic mass is 16.3. The van der Waals surface area contributed by atoms with Gasteiger partial charge < -0.3 is 14.6 Å². The lowest BCUT2D eigenvalue weighted by Crippen LogP contribution is -2.26. The monoisotopic (exact) mass is 272 g/mol. The van der Waals surface area contributed by atoms with E-state index >= 15 is 0 Å². The maximum Gasteiger partial charge on any atom is 0.255 e. The number of carbonyl (C=O) groups is 1. The zero-order valence-corrected chi connectivity index (χ0v) is 11.9. The molecule has 0 atom stereocenters. The second-order valence-electron chi connectivity index (χ2n) is 4.77. The first-order valence-corrected chi connectivity index (χ1v) is 6.81. The number of amides is 1. The van der Waals surface area contributed by atoms with Crippen LogP contribution in [0.4, 0.5) is 5.69 Å². The molecule has 106 valence electrons. The van der Waals surface area contributed by atoms with Gasteiger partial charge in [-0.05, 0) is 24.6 Å². The van der Waals surface area contributed by atoms with E-state index < -0.39 is 0 Å². The fourth-order valence-electron chi connectivity index (χ4n) is 2.02. The molecule has 2 aromatic rings. The molecule has 1 amide bonds. The number of anilines is 1. The number of nitrogens with zero attached hydrogens (tertiary/aromatic N) is 1. The third-order valence-corrected chi connectivity index (χ3v) is 3.07. The molecule has 0 spiro atoms. The van der Waals surface area contributed by atoms with Crippen molar-refractivity contribution in [1.82, 2.24) is 4.90 Å². The molecule has 1 heterocycles. The van der Waals surface area contributed by atoms with Crippen molar-refractivity contribution in [3.8, 4) is 0 Å². The summed E-state index contributed by atoms with van der Waals surface area (Å²) in [5.41, 5.74) is 2.57. The Morgan fingerprint density at radius 1 is 1.30 bits per heavy atom. The molecule has 1 aromatic heterocycles. The predicted octanol–water partition coefficient (Wildman–Crippen LogP) is 3.37. The van der Waals surface area contributed by atoms with Crippen LogP contribution in [0.5, 0.6) is 0 Å². The fraction of sp³-hybridized carbons (Fsp3) is 0.312. The van der Waals surface area contributed by atoms with Gasteiger partial charge in [-0.15, -0.1) is 0 Å². The first-order chi connectivity index (χ1) is 9.72. The molecule has 0 fully saturated rings. The highest BCUT2D eigenvalue weighted by molar-refractivity contribution is 5.99. The molecule has 20 heavy (non-hydrogen) atoms. The Balaban J connectivity index is 2.11. The van der Waals surface area contributed by atoms with Gasteiger partial charge in [0.1, 0.15) is 0 Å². The Bertz CT molecular complexity index is 549. The van der Waals surface area contributed by atoms with Crippen LogP contribution in [0, 0.1) is 0 Å². The van der Waals surface area contributed by atoms with Gasteiger partial charge in [-0.1, -0.05) is 19.1 Å². The molecule has 0 bridgehead atoms. The van der Waals surface area contributed by atoms with Crippen LogP contribution in [-0.4, -0.2) is 24.4 Å². The van der Waals surface area contributed by atoms with E-state index in [2.05, 4.69) is 12.2 Å². The van der Waals surface area contributed by atoms with E-state index in [1.54, 1.807) is 24.5 Å². The van der Waals surface area contributed by atoms with E-state index in [-0.39, 0.29) is 5.91 Å². The van der Waals surface area contributed by atoms with Crippen molar-refractivity contribution in [3.05, 3.63) is 54.0 Å². The number of hydrogen-bond donors (Lipinski definition) is 1. The van der Waals surface area contributed by atoms with E-state index in [4.69, 9.17) is 4.42 Å². The smallest absolute Gasteiger partial charge is 0.255 e. The molecule has 0 aliphatic rings. The molecule has 4 heteroatoms. The highest BCUT2D eigenvalue weighted by Gasteiger charge is 2.15. The van der Waals surface area contributed by atoms with Crippen LogP contribution < -0.4 is 5.32 Å². The maximum atomic E-state index is 12.5. The quantitative estimate of drug-likeness (QED) is 0.877. The SMILES string of the molecule is CCCNc1ccccc1C(=O)N(C)Cc1ccoc1. The summed E-state index contributed by atoms with van der Waals surface area (Å²) in [6, 6.07) is 9.48. The Labute approximate surface area is 119 Å². The number of rotatable bonds is 6. The van der Waals surface area contributed by atoms with Gasteiger partial charge in [0.05, 0.1) is 18.1 Å². The second kappa shape index (κ2) is 6.80. The summed E-state index contributed by atoms with van der Waals surface area (Å²) in [6.07, 6.45) is 4.29. The van der Waals surface area contributed by atoms with Crippen LogP contribution in [0.2, 0.25) is 0 Å². The Kier molecular flexibility index (Phi) is 4.82. The molecule has 0 radical (unpaired) electrons. The van der Waals surface area contributed by atoms with Crippen molar-refractivity contribution in [2.45, 2.75) is 19.9 Å². The Hall–Kier alpha value is -2.23. The zero-order chi connectivity index (χ0) is 14.4. The van der Waals surface area contributed by atoms with Gasteiger partial charge in [0, 0.05) is 31.4 Å². The summed E-state index contributed by atoms with van der Waals surface area (Å²) in [5.74, 6) is 0.00500. The Morgan fingerprint density at radius 3 is 2.80 bits per heavy atom. The largest absolute Gasteiger partial charge is 0.472 e. The normalized spacial score (nSPS) is 10.3. The summed E-state index contributed by atoms with van der Waals surface area (Å²) >= 11 is 0. The van der Waals surface area contributed by atoms with Gasteiger partial charge in [-0.2, -0.15) is 0 Å². The van der Waals surface area contributed by atoms with Crippen LogP contribution in [-0.2, 0) is 6.54 Å². The maximum absolute atomic E-state index is 12.5. The van der Waals surface area contributed by atoms with Crippen LogP contribution in [0.3, 0.4) is 0 Å². The van der Waals surface area contributed by atoms with Gasteiger partial charge >= 0.3 is 0 Å². The topological polar surface area (TPSA) is 45.5 Å². The van der Waals surface area contributed by atoms with Gasteiger partial charge in [0.2, 0.25) is 0 Å². The molecule has 0 aliphatic heterocycles. The second-order valence-corrected chi connectivity index (χ2v) is 4.77. The average molecular weight is 272 g/mol. The predicted molar refractivity (Wildman–Crippen MR) is 79.7 cm³/mol. The molecule has 0 saturated carbocycles. The molecular weight excluding hydrogens is 252 g/mol. The highest BCUT2D eigenvalue weighted by Crippen LogP contribution is 2.18. The summed E-state index contributed by atoms with van der Waals surface area (Å²) < 4.78 is 5.03. The van der Waals surface area contributed by atoms with Crippen LogP contribution in [0.15, 0.2) is 47.3 Å². The van der Waals surface area contributed by atoms with Crippen molar-refractivity contribution in [1.29, 1.82) is 0 Å². The lowest BCUT2D eigenvalue weighted by atomic mass is 10.1. The van der Waals surface area contributed by atoms with Crippen molar-refractivity contribution < 1.29 is 9.21 Å². The van der Waals surface area contributed by atoms with E-state index in [0.29, 0.717) is 12.1 Å². The van der Waals surface area contributed by atoms with Gasteiger partial charge in [0.25, 0.3) is 5.91 Å². The minimum absolute atomic E-state index is 0.00500. The zero-order valence-electron chi connectivity index (χ0n) is 11.9. The first kappa shape index (κ1) is 14.2. The number of nitrogens with one attached hydrogen (secondary N) is 1. The van der Waals surface area contributed by atoms with Crippen molar-refractivity contribution in [2.24, 2.45) is 0 Å². The van der Waals surface area contributed by atoms with Gasteiger partial charge in [-0.3, -0.25) is 4.79 Å². The lowest BCUT2D eigenvalue weighted by molar-refractivity contribution is 0.0786. The minimum atomic E-state index is 0.00500. The van der Waals surface area contributed by atoms with Crippen LogP contribution >= 0.6 is 0 Å². The van der Waals surface area contributed by atoms with E-state index in [1.165, 1.54) is 0 Å². The number of para-hydroxylation sites is 1. The number of hydrogen-bond acceptors (Lipinski definition) is 3. The lowest BCUT2D eigenvalue weighted by Gasteiger charge is -2.18. The van der Waals surface area contributed by atoms with Gasteiger partial charge in [-0.25, -0.2) is 0 Å². The molecule has 0 saturated heterocycles. The van der Waals surface area contributed by atoms with E-state index in [0.717, 1.165) is 24.2 Å². The summed E-state index contributed by atoms with van der Waals surface area (Å²) in [4.78, 5) is 14.2.